The number of nitrogens with zero attached hydrogens (tertiary/aromatic N) is 2. The number of rotatable bonds is 8. The molecule has 0 radical (unpaired) electrons. The SMILES string of the molecule is CCCCCCCCOc1nccnc1Cl. The third-order valence-electron chi connectivity index (χ3n) is 2.36. The van der Waals surface area contributed by atoms with Crippen LogP contribution in [0.4, 0.5) is 0 Å². The molecule has 0 N–H and O–H groups in total. The van der Waals surface area contributed by atoms with Gasteiger partial charge in [0.05, 0.1) is 6.61 Å². The lowest BCUT2D eigenvalue weighted by atomic mass is 10.1. The van der Waals surface area contributed by atoms with E-state index < -0.39 is 0 Å². The van der Waals surface area contributed by atoms with Crippen LogP contribution in [0.25, 0.3) is 0 Å². The van der Waals surface area contributed by atoms with Gasteiger partial charge in [-0.1, -0.05) is 50.6 Å². The Kier molecular flexibility index (Phi) is 6.90. The van der Waals surface area contributed by atoms with Crippen LogP contribution in [0.1, 0.15) is 45.4 Å². The van der Waals surface area contributed by atoms with Gasteiger partial charge in [-0.15, -0.1) is 0 Å². The predicted octanol–water partition coefficient (Wildman–Crippen LogP) is 3.87. The van der Waals surface area contributed by atoms with Gasteiger partial charge in [-0.2, -0.15) is 0 Å². The van der Waals surface area contributed by atoms with Crippen molar-refractivity contribution in [3.05, 3.63) is 17.5 Å². The maximum Gasteiger partial charge on any atom is 0.252 e. The highest BCUT2D eigenvalue weighted by Crippen LogP contribution is 2.17. The Morgan fingerprint density at radius 1 is 1.06 bits per heavy atom. The molecule has 0 atom stereocenters. The molecule has 0 unspecified atom stereocenters. The minimum atomic E-state index is 0.341. The lowest BCUT2D eigenvalue weighted by molar-refractivity contribution is 0.292. The van der Waals surface area contributed by atoms with Crippen molar-refractivity contribution in [3.8, 4) is 5.88 Å². The highest BCUT2D eigenvalue weighted by Gasteiger charge is 2.01. The molecule has 16 heavy (non-hydrogen) atoms. The molecule has 1 rings (SSSR count). The van der Waals surface area contributed by atoms with Crippen LogP contribution in [0.5, 0.6) is 5.88 Å². The quantitative estimate of drug-likeness (QED) is 0.649. The molecule has 0 fully saturated rings. The first kappa shape index (κ1) is 13.2. The average Bonchev–Trinajstić information content (AvgIpc) is 2.30. The smallest absolute Gasteiger partial charge is 0.252 e. The van der Waals surface area contributed by atoms with Crippen LogP contribution in [-0.2, 0) is 0 Å². The molecular formula is C12H19ClN2O. The highest BCUT2D eigenvalue weighted by molar-refractivity contribution is 6.30. The van der Waals surface area contributed by atoms with E-state index in [1.807, 2.05) is 0 Å². The van der Waals surface area contributed by atoms with Crippen LogP contribution in [0.2, 0.25) is 5.15 Å². The molecule has 0 saturated heterocycles. The van der Waals surface area contributed by atoms with E-state index in [9.17, 15) is 0 Å². The maximum atomic E-state index is 5.81. The van der Waals surface area contributed by atoms with Crippen molar-refractivity contribution >= 4 is 11.6 Å². The molecular weight excluding hydrogens is 224 g/mol. The van der Waals surface area contributed by atoms with Crippen LogP contribution in [0, 0.1) is 0 Å². The van der Waals surface area contributed by atoms with E-state index in [-0.39, 0.29) is 0 Å². The molecule has 4 heteroatoms. The van der Waals surface area contributed by atoms with Crippen molar-refractivity contribution in [3.63, 3.8) is 0 Å². The van der Waals surface area contributed by atoms with Crippen molar-refractivity contribution in [1.29, 1.82) is 0 Å². The first-order valence-corrected chi connectivity index (χ1v) is 6.31. The summed E-state index contributed by atoms with van der Waals surface area (Å²) in [5.41, 5.74) is 0. The largest absolute Gasteiger partial charge is 0.475 e. The topological polar surface area (TPSA) is 35.0 Å². The zero-order valence-electron chi connectivity index (χ0n) is 9.79. The molecule has 3 nitrogen and oxygen atoms in total. The number of hydrogen-bond donors (Lipinski definition) is 0. The van der Waals surface area contributed by atoms with Gasteiger partial charge in [0.1, 0.15) is 0 Å². The van der Waals surface area contributed by atoms with Crippen molar-refractivity contribution < 1.29 is 4.74 Å². The summed E-state index contributed by atoms with van der Waals surface area (Å²) in [6, 6.07) is 0. The summed E-state index contributed by atoms with van der Waals surface area (Å²) in [5.74, 6) is 0.442. The molecule has 1 heterocycles. The summed E-state index contributed by atoms with van der Waals surface area (Å²) in [6.45, 7) is 2.89. The van der Waals surface area contributed by atoms with Crippen molar-refractivity contribution in [2.45, 2.75) is 45.4 Å². The van der Waals surface area contributed by atoms with Gasteiger partial charge < -0.3 is 4.74 Å². The van der Waals surface area contributed by atoms with Crippen LogP contribution in [0.3, 0.4) is 0 Å². The zero-order valence-corrected chi connectivity index (χ0v) is 10.5. The first-order valence-electron chi connectivity index (χ1n) is 5.94. The second kappa shape index (κ2) is 8.34. The van der Waals surface area contributed by atoms with Crippen LogP contribution in [-0.4, -0.2) is 16.6 Å². The van der Waals surface area contributed by atoms with Gasteiger partial charge in [0, 0.05) is 12.4 Å². The second-order valence-electron chi connectivity index (χ2n) is 3.77. The zero-order chi connectivity index (χ0) is 11.6. The van der Waals surface area contributed by atoms with E-state index in [2.05, 4.69) is 16.9 Å². The van der Waals surface area contributed by atoms with E-state index in [1.165, 1.54) is 32.1 Å². The van der Waals surface area contributed by atoms with E-state index in [0.29, 0.717) is 17.6 Å². The Balaban J connectivity index is 2.05. The Labute approximate surface area is 102 Å². The second-order valence-corrected chi connectivity index (χ2v) is 4.13. The Hall–Kier alpha value is -0.830. The van der Waals surface area contributed by atoms with Crippen molar-refractivity contribution in [1.82, 2.24) is 9.97 Å². The molecule has 0 aliphatic heterocycles. The summed E-state index contributed by atoms with van der Waals surface area (Å²) in [7, 11) is 0. The maximum absolute atomic E-state index is 5.81. The number of hydrogen-bond acceptors (Lipinski definition) is 3. The van der Waals surface area contributed by atoms with E-state index in [0.717, 1.165) is 6.42 Å². The summed E-state index contributed by atoms with van der Waals surface area (Å²) in [4.78, 5) is 7.91. The first-order chi connectivity index (χ1) is 7.84. The fourth-order valence-electron chi connectivity index (χ4n) is 1.46. The van der Waals surface area contributed by atoms with E-state index in [4.69, 9.17) is 16.3 Å². The predicted molar refractivity (Wildman–Crippen MR) is 65.9 cm³/mol. The normalized spacial score (nSPS) is 10.4. The van der Waals surface area contributed by atoms with Gasteiger partial charge in [0.15, 0.2) is 5.15 Å². The van der Waals surface area contributed by atoms with Gasteiger partial charge in [0.25, 0.3) is 5.88 Å². The van der Waals surface area contributed by atoms with Crippen molar-refractivity contribution in [2.24, 2.45) is 0 Å². The third kappa shape index (κ3) is 5.31. The number of halogens is 1. The van der Waals surface area contributed by atoms with Gasteiger partial charge in [-0.25, -0.2) is 9.97 Å². The lowest BCUT2D eigenvalue weighted by Gasteiger charge is -2.05. The number of ether oxygens (including phenoxy) is 1. The summed E-state index contributed by atoms with van der Waals surface area (Å²) >= 11 is 5.81. The molecule has 0 saturated carbocycles. The van der Waals surface area contributed by atoms with E-state index in [1.54, 1.807) is 12.4 Å². The number of aromatic nitrogens is 2. The molecule has 1 aromatic heterocycles. The number of unbranched alkanes of at least 4 members (excludes halogenated alkanes) is 5. The highest BCUT2D eigenvalue weighted by atomic mass is 35.5. The monoisotopic (exact) mass is 242 g/mol. The average molecular weight is 243 g/mol. The van der Waals surface area contributed by atoms with Gasteiger partial charge in [-0.3, -0.25) is 0 Å². The Morgan fingerprint density at radius 2 is 1.75 bits per heavy atom. The molecule has 0 amide bonds. The molecule has 0 aliphatic rings. The van der Waals surface area contributed by atoms with Gasteiger partial charge in [0.2, 0.25) is 0 Å². The Bertz CT molecular complexity index is 294. The van der Waals surface area contributed by atoms with Crippen LogP contribution in [0.15, 0.2) is 12.4 Å². The minimum Gasteiger partial charge on any atom is -0.475 e. The molecule has 90 valence electrons. The molecule has 1 aromatic rings. The minimum absolute atomic E-state index is 0.341. The Morgan fingerprint density at radius 3 is 2.50 bits per heavy atom. The standard InChI is InChI=1S/C12H19ClN2O/c1-2-3-4-5-6-7-10-16-12-11(13)14-8-9-15-12/h8-9H,2-7,10H2,1H3. The van der Waals surface area contributed by atoms with E-state index >= 15 is 0 Å². The summed E-state index contributed by atoms with van der Waals surface area (Å²) < 4.78 is 5.44. The van der Waals surface area contributed by atoms with Crippen molar-refractivity contribution in [2.75, 3.05) is 6.61 Å². The van der Waals surface area contributed by atoms with Crippen LogP contribution < -0.4 is 4.74 Å². The lowest BCUT2D eigenvalue weighted by Crippen LogP contribution is -2.00. The van der Waals surface area contributed by atoms with Crippen LogP contribution >= 0.6 is 11.6 Å². The fourth-order valence-corrected chi connectivity index (χ4v) is 1.62. The summed E-state index contributed by atoms with van der Waals surface area (Å²) in [5, 5.41) is 0.341. The molecule has 0 bridgehead atoms. The van der Waals surface area contributed by atoms with Gasteiger partial charge in [-0.05, 0) is 6.42 Å². The molecule has 0 aliphatic carbocycles. The molecule has 0 aromatic carbocycles. The van der Waals surface area contributed by atoms with Gasteiger partial charge >= 0.3 is 0 Å². The molecule has 0 spiro atoms. The summed E-state index contributed by atoms with van der Waals surface area (Å²) in [6.07, 6.45) is 10.6. The fraction of sp³-hybridized carbons (Fsp3) is 0.667. The third-order valence-corrected chi connectivity index (χ3v) is 2.62.